The first-order valence-corrected chi connectivity index (χ1v) is 14.3. The fourth-order valence-corrected chi connectivity index (χ4v) is 7.57. The number of nitrogens with zero attached hydrogens (tertiary/aromatic N) is 4. The highest BCUT2D eigenvalue weighted by atomic mass is 32.1. The zero-order valence-corrected chi connectivity index (χ0v) is 22.5. The highest BCUT2D eigenvalue weighted by molar-refractivity contribution is 7.10. The van der Waals surface area contributed by atoms with Crippen molar-refractivity contribution in [3.05, 3.63) is 39.4 Å². The molecule has 2 aromatic rings. The van der Waals surface area contributed by atoms with Crippen LogP contribution in [0, 0.1) is 12.1 Å². The van der Waals surface area contributed by atoms with Crippen molar-refractivity contribution in [1.82, 2.24) is 24.7 Å². The second-order valence-electron chi connectivity index (χ2n) is 10.7. The lowest BCUT2D eigenvalue weighted by Gasteiger charge is -2.41. The Morgan fingerprint density at radius 3 is 2.61 bits per heavy atom. The van der Waals surface area contributed by atoms with Crippen LogP contribution in [0.5, 0.6) is 0 Å². The second-order valence-corrected chi connectivity index (χ2v) is 11.7. The van der Waals surface area contributed by atoms with Crippen molar-refractivity contribution in [1.29, 1.82) is 0 Å². The smallest absolute Gasteiger partial charge is 0.222 e. The molecule has 0 unspecified atom stereocenters. The van der Waals surface area contributed by atoms with Gasteiger partial charge in [-0.2, -0.15) is 4.39 Å². The maximum Gasteiger partial charge on any atom is 0.222 e. The monoisotopic (exact) mass is 515 g/mol. The minimum absolute atomic E-state index is 0.0780. The molecule has 4 atom stereocenters. The second kappa shape index (κ2) is 10.6. The number of nitrogens with one attached hydrogen (secondary N) is 1. The first kappa shape index (κ1) is 25.4. The first-order chi connectivity index (χ1) is 17.3. The average molecular weight is 516 g/mol. The lowest BCUT2D eigenvalue weighted by Crippen LogP contribution is -2.45. The van der Waals surface area contributed by atoms with Crippen molar-refractivity contribution < 1.29 is 14.0 Å². The SMILES string of the molecule is CCCC(=O)N1CCc2c(nc(C)n2[C@H]2C[C@H]3CC[C@@H](C2)N3CC[C@H](NC(C)=O)c2ccc(F)s2)C1. The summed E-state index contributed by atoms with van der Waals surface area (Å²) in [5, 5.41) is 2.82. The number of amides is 2. The summed E-state index contributed by atoms with van der Waals surface area (Å²) in [4.78, 5) is 34.6. The predicted octanol–water partition coefficient (Wildman–Crippen LogP) is 4.51. The number of carbonyl (C=O) groups excluding carboxylic acids is 2. The summed E-state index contributed by atoms with van der Waals surface area (Å²) in [6.45, 7) is 8.02. The van der Waals surface area contributed by atoms with E-state index in [2.05, 4.69) is 28.6 Å². The Morgan fingerprint density at radius 1 is 1.22 bits per heavy atom. The van der Waals surface area contributed by atoms with Crippen LogP contribution in [0.15, 0.2) is 12.1 Å². The zero-order chi connectivity index (χ0) is 25.4. The van der Waals surface area contributed by atoms with Crippen LogP contribution in [0.2, 0.25) is 0 Å². The van der Waals surface area contributed by atoms with Crippen LogP contribution >= 0.6 is 11.3 Å². The molecule has 3 aliphatic rings. The molecule has 0 spiro atoms. The molecule has 2 amide bonds. The Balaban J connectivity index is 1.25. The number of aromatic nitrogens is 2. The number of piperidine rings is 1. The fraction of sp³-hybridized carbons (Fsp3) is 0.667. The van der Waals surface area contributed by atoms with Gasteiger partial charge in [0.1, 0.15) is 5.82 Å². The fourth-order valence-electron chi connectivity index (χ4n) is 6.76. The molecule has 5 rings (SSSR count). The van der Waals surface area contributed by atoms with Gasteiger partial charge in [-0.15, -0.1) is 11.3 Å². The summed E-state index contributed by atoms with van der Waals surface area (Å²) in [6.07, 6.45) is 7.79. The predicted molar refractivity (Wildman–Crippen MR) is 138 cm³/mol. The van der Waals surface area contributed by atoms with E-state index >= 15 is 0 Å². The highest BCUT2D eigenvalue weighted by Gasteiger charge is 2.42. The number of carbonyl (C=O) groups is 2. The molecule has 2 aromatic heterocycles. The summed E-state index contributed by atoms with van der Waals surface area (Å²) in [5.41, 5.74) is 2.41. The molecule has 1 N–H and O–H groups in total. The molecule has 7 nitrogen and oxygen atoms in total. The van der Waals surface area contributed by atoms with Crippen LogP contribution in [0.4, 0.5) is 4.39 Å². The maximum absolute atomic E-state index is 13.6. The Morgan fingerprint density at radius 2 is 1.97 bits per heavy atom. The molecule has 0 radical (unpaired) electrons. The Bertz CT molecular complexity index is 1100. The number of fused-ring (bicyclic) bond motifs is 3. The summed E-state index contributed by atoms with van der Waals surface area (Å²) in [5.74, 6) is 1.24. The van der Waals surface area contributed by atoms with Crippen LogP contribution < -0.4 is 5.32 Å². The van der Waals surface area contributed by atoms with Crippen molar-refractivity contribution in [3.63, 3.8) is 0 Å². The summed E-state index contributed by atoms with van der Waals surface area (Å²) in [7, 11) is 0. The molecule has 0 aliphatic carbocycles. The number of hydrogen-bond donors (Lipinski definition) is 1. The van der Waals surface area contributed by atoms with E-state index in [1.165, 1.54) is 31.5 Å². The van der Waals surface area contributed by atoms with Crippen molar-refractivity contribution in [2.45, 2.75) is 103 Å². The van der Waals surface area contributed by atoms with Gasteiger partial charge in [0.25, 0.3) is 0 Å². The average Bonchev–Trinajstić information content (AvgIpc) is 3.48. The minimum atomic E-state index is -0.210. The van der Waals surface area contributed by atoms with Crippen LogP contribution in [0.1, 0.15) is 93.0 Å². The Kier molecular flexibility index (Phi) is 7.49. The summed E-state index contributed by atoms with van der Waals surface area (Å²) < 4.78 is 16.1. The van der Waals surface area contributed by atoms with Crippen LogP contribution in [-0.4, -0.2) is 56.3 Å². The van der Waals surface area contributed by atoms with Gasteiger partial charge in [0.2, 0.25) is 11.8 Å². The number of rotatable bonds is 8. The van der Waals surface area contributed by atoms with E-state index in [0.29, 0.717) is 31.1 Å². The number of imidazole rings is 1. The Hall–Kier alpha value is -2.26. The van der Waals surface area contributed by atoms with E-state index in [1.54, 1.807) is 6.07 Å². The molecule has 2 fully saturated rings. The van der Waals surface area contributed by atoms with Gasteiger partial charge in [-0.25, -0.2) is 4.98 Å². The van der Waals surface area contributed by atoms with Gasteiger partial charge < -0.3 is 14.8 Å². The highest BCUT2D eigenvalue weighted by Crippen LogP contribution is 2.43. The third kappa shape index (κ3) is 5.09. The van der Waals surface area contributed by atoms with Gasteiger partial charge in [0.15, 0.2) is 5.13 Å². The normalized spacial score (nSPS) is 24.6. The largest absolute Gasteiger partial charge is 0.349 e. The number of hydrogen-bond acceptors (Lipinski definition) is 5. The third-order valence-corrected chi connectivity index (χ3v) is 9.25. The van der Waals surface area contributed by atoms with Gasteiger partial charge in [0.05, 0.1) is 18.3 Å². The topological polar surface area (TPSA) is 70.5 Å². The number of halogens is 1. The van der Waals surface area contributed by atoms with Crippen LogP contribution in [0.25, 0.3) is 0 Å². The molecule has 2 bridgehead atoms. The molecular formula is C27H38FN5O2S. The van der Waals surface area contributed by atoms with E-state index in [-0.39, 0.29) is 23.0 Å². The van der Waals surface area contributed by atoms with Crippen molar-refractivity contribution in [2.24, 2.45) is 0 Å². The molecule has 9 heteroatoms. The summed E-state index contributed by atoms with van der Waals surface area (Å²) >= 11 is 1.12. The molecule has 0 aromatic carbocycles. The lowest BCUT2D eigenvalue weighted by molar-refractivity contribution is -0.132. The van der Waals surface area contributed by atoms with Crippen molar-refractivity contribution in [3.8, 4) is 0 Å². The van der Waals surface area contributed by atoms with Gasteiger partial charge >= 0.3 is 0 Å². The van der Waals surface area contributed by atoms with E-state index in [4.69, 9.17) is 4.98 Å². The Labute approximate surface area is 217 Å². The van der Waals surface area contributed by atoms with Gasteiger partial charge in [-0.1, -0.05) is 6.92 Å². The van der Waals surface area contributed by atoms with E-state index in [9.17, 15) is 14.0 Å². The zero-order valence-electron chi connectivity index (χ0n) is 21.6. The van der Waals surface area contributed by atoms with Crippen LogP contribution in [-0.2, 0) is 22.6 Å². The standard InChI is InChI=1S/C27H38FN5O2S/c1-4-5-27(35)31-12-11-24-23(16-31)29-17(2)33(24)21-14-19-6-7-20(15-21)32(19)13-10-22(30-18(3)34)25-8-9-26(28)36-25/h8-9,19-22H,4-7,10-16H2,1-3H3,(H,30,34)/t19-,20+,21+,22-/m0/s1. The molecule has 196 valence electrons. The third-order valence-electron chi connectivity index (χ3n) is 8.26. The molecule has 2 saturated heterocycles. The maximum atomic E-state index is 13.6. The number of thiophene rings is 1. The van der Waals surface area contributed by atoms with Gasteiger partial charge in [-0.3, -0.25) is 14.5 Å². The minimum Gasteiger partial charge on any atom is -0.349 e. The van der Waals surface area contributed by atoms with Crippen molar-refractivity contribution in [2.75, 3.05) is 13.1 Å². The quantitative estimate of drug-likeness (QED) is 0.562. The van der Waals surface area contributed by atoms with E-state index in [1.807, 2.05) is 4.90 Å². The first-order valence-electron chi connectivity index (χ1n) is 13.5. The summed E-state index contributed by atoms with van der Waals surface area (Å²) in [6, 6.07) is 4.63. The molecule has 0 saturated carbocycles. The van der Waals surface area contributed by atoms with Gasteiger partial charge in [-0.05, 0) is 57.6 Å². The molecule has 5 heterocycles. The van der Waals surface area contributed by atoms with Crippen LogP contribution in [0.3, 0.4) is 0 Å². The lowest BCUT2D eigenvalue weighted by atomic mass is 9.95. The molecular weight excluding hydrogens is 477 g/mol. The van der Waals surface area contributed by atoms with Crippen molar-refractivity contribution >= 4 is 23.2 Å². The molecule has 3 aliphatic heterocycles. The van der Waals surface area contributed by atoms with E-state index in [0.717, 1.165) is 72.9 Å². The van der Waals surface area contributed by atoms with Gasteiger partial charge in [0, 0.05) is 61.6 Å². The van der Waals surface area contributed by atoms with E-state index < -0.39 is 0 Å². The number of aryl methyl sites for hydroxylation is 1. The molecule has 36 heavy (non-hydrogen) atoms.